The van der Waals surface area contributed by atoms with Crippen LogP contribution in [0.5, 0.6) is 5.88 Å². The normalized spacial score (nSPS) is 20.6. The Labute approximate surface area is 224 Å². The van der Waals surface area contributed by atoms with E-state index in [-0.39, 0.29) is 17.9 Å². The second kappa shape index (κ2) is 11.3. The Morgan fingerprint density at radius 3 is 2.67 bits per heavy atom. The van der Waals surface area contributed by atoms with Crippen LogP contribution in [0, 0.1) is 5.92 Å². The minimum absolute atomic E-state index is 0.0120. The van der Waals surface area contributed by atoms with E-state index in [0.29, 0.717) is 50.6 Å². The summed E-state index contributed by atoms with van der Waals surface area (Å²) < 4.78 is 45.5. The van der Waals surface area contributed by atoms with E-state index in [1.54, 1.807) is 0 Å². The molecule has 5 rings (SSSR count). The van der Waals surface area contributed by atoms with E-state index in [4.69, 9.17) is 4.74 Å². The molecule has 0 spiro atoms. The van der Waals surface area contributed by atoms with E-state index >= 15 is 0 Å². The number of aldehydes is 1. The Morgan fingerprint density at radius 1 is 1.15 bits per heavy atom. The number of rotatable bonds is 7. The second-order valence-corrected chi connectivity index (χ2v) is 10.2. The molecule has 10 nitrogen and oxygen atoms in total. The van der Waals surface area contributed by atoms with Gasteiger partial charge in [-0.25, -0.2) is 15.0 Å². The Kier molecular flexibility index (Phi) is 7.87. The molecule has 39 heavy (non-hydrogen) atoms. The first-order chi connectivity index (χ1) is 18.8. The Bertz CT molecular complexity index is 1200. The van der Waals surface area contributed by atoms with E-state index in [9.17, 15) is 22.8 Å². The SMILES string of the molecule is COc1ncc(N2CCc3ncnc(NC4CCN(C(=O)C5CCN(CC=O)CC5)C4)c3C2)cc1C(F)(F)F. The number of anilines is 2. The number of ether oxygens (including phenoxy) is 1. The first-order valence-corrected chi connectivity index (χ1v) is 13.2. The van der Waals surface area contributed by atoms with Gasteiger partial charge in [0.15, 0.2) is 0 Å². The quantitative estimate of drug-likeness (QED) is 0.524. The van der Waals surface area contributed by atoms with Crippen molar-refractivity contribution < 1.29 is 27.5 Å². The first-order valence-electron chi connectivity index (χ1n) is 13.2. The van der Waals surface area contributed by atoms with Crippen LogP contribution in [0.1, 0.15) is 36.1 Å². The molecule has 13 heteroatoms. The Hall–Kier alpha value is -3.48. The summed E-state index contributed by atoms with van der Waals surface area (Å²) in [6.07, 6.45) is 2.04. The molecule has 2 aromatic rings. The van der Waals surface area contributed by atoms with Crippen LogP contribution >= 0.6 is 0 Å². The molecule has 0 aromatic carbocycles. The summed E-state index contributed by atoms with van der Waals surface area (Å²) in [5, 5.41) is 3.47. The lowest BCUT2D eigenvalue weighted by atomic mass is 9.95. The van der Waals surface area contributed by atoms with Crippen LogP contribution in [0.15, 0.2) is 18.6 Å². The number of hydrogen-bond acceptors (Lipinski definition) is 9. The summed E-state index contributed by atoms with van der Waals surface area (Å²) in [6, 6.07) is 1.08. The number of nitrogens with zero attached hydrogens (tertiary/aromatic N) is 6. The van der Waals surface area contributed by atoms with Crippen molar-refractivity contribution in [3.8, 4) is 5.88 Å². The highest BCUT2D eigenvalue weighted by molar-refractivity contribution is 5.79. The second-order valence-electron chi connectivity index (χ2n) is 10.2. The van der Waals surface area contributed by atoms with Crippen LogP contribution in [0.4, 0.5) is 24.7 Å². The number of carbonyl (C=O) groups is 2. The third-order valence-corrected chi connectivity index (χ3v) is 7.81. The number of likely N-dealkylation sites (tertiary alicyclic amines) is 2. The van der Waals surface area contributed by atoms with Gasteiger partial charge < -0.3 is 24.6 Å². The topological polar surface area (TPSA) is 104 Å². The monoisotopic (exact) mass is 547 g/mol. The van der Waals surface area contributed by atoms with Crippen LogP contribution in [0.2, 0.25) is 0 Å². The molecule has 5 heterocycles. The average Bonchev–Trinajstić information content (AvgIpc) is 3.41. The number of amides is 1. The summed E-state index contributed by atoms with van der Waals surface area (Å²) in [5.74, 6) is 0.324. The lowest BCUT2D eigenvalue weighted by molar-refractivity contribution is -0.139. The molecule has 1 N–H and O–H groups in total. The molecule has 1 atom stereocenters. The molecule has 1 amide bonds. The molecule has 1 unspecified atom stereocenters. The summed E-state index contributed by atoms with van der Waals surface area (Å²) in [5.41, 5.74) is 1.12. The van der Waals surface area contributed by atoms with Gasteiger partial charge in [0.1, 0.15) is 24.0 Å². The summed E-state index contributed by atoms with van der Waals surface area (Å²) in [4.78, 5) is 42.4. The summed E-state index contributed by atoms with van der Waals surface area (Å²) in [6.45, 7) is 3.96. The maximum Gasteiger partial charge on any atom is 0.421 e. The zero-order valence-corrected chi connectivity index (χ0v) is 21.8. The number of alkyl halides is 3. The number of methoxy groups -OCH3 is 1. The van der Waals surface area contributed by atoms with Crippen LogP contribution in [-0.2, 0) is 28.7 Å². The number of carbonyl (C=O) groups excluding carboxylic acids is 2. The van der Waals surface area contributed by atoms with Crippen LogP contribution in [0.25, 0.3) is 0 Å². The van der Waals surface area contributed by atoms with Crippen LogP contribution in [0.3, 0.4) is 0 Å². The number of halogens is 3. The van der Waals surface area contributed by atoms with Crippen molar-refractivity contribution in [2.75, 3.05) is 56.6 Å². The minimum Gasteiger partial charge on any atom is -0.481 e. The van der Waals surface area contributed by atoms with Crippen LogP contribution in [-0.4, -0.2) is 89.4 Å². The third kappa shape index (κ3) is 5.92. The zero-order chi connectivity index (χ0) is 27.6. The number of nitrogens with one attached hydrogen (secondary N) is 1. The highest BCUT2D eigenvalue weighted by Crippen LogP contribution is 2.38. The molecule has 3 aliphatic heterocycles. The predicted molar refractivity (Wildman–Crippen MR) is 136 cm³/mol. The van der Waals surface area contributed by atoms with Gasteiger partial charge in [-0.1, -0.05) is 0 Å². The average molecular weight is 548 g/mol. The molecular weight excluding hydrogens is 515 g/mol. The fraction of sp³-hybridized carbons (Fsp3) is 0.577. The number of hydrogen-bond donors (Lipinski definition) is 1. The summed E-state index contributed by atoms with van der Waals surface area (Å²) in [7, 11) is 1.17. The Balaban J connectivity index is 1.24. The zero-order valence-electron chi connectivity index (χ0n) is 21.8. The molecule has 2 aromatic heterocycles. The first kappa shape index (κ1) is 27.1. The number of pyridine rings is 1. The molecule has 2 fully saturated rings. The van der Waals surface area contributed by atoms with E-state index in [1.165, 1.54) is 19.6 Å². The van der Waals surface area contributed by atoms with Gasteiger partial charge in [-0.2, -0.15) is 13.2 Å². The van der Waals surface area contributed by atoms with Gasteiger partial charge in [-0.15, -0.1) is 0 Å². The van der Waals surface area contributed by atoms with Gasteiger partial charge >= 0.3 is 6.18 Å². The molecule has 0 radical (unpaired) electrons. The lowest BCUT2D eigenvalue weighted by Crippen LogP contribution is -2.42. The molecular formula is C26H32F3N7O3. The highest BCUT2D eigenvalue weighted by atomic mass is 19.4. The van der Waals surface area contributed by atoms with Crippen LogP contribution < -0.4 is 15.0 Å². The maximum absolute atomic E-state index is 13.6. The Morgan fingerprint density at radius 2 is 1.95 bits per heavy atom. The van der Waals surface area contributed by atoms with Crippen molar-refractivity contribution in [3.63, 3.8) is 0 Å². The molecule has 2 saturated heterocycles. The lowest BCUT2D eigenvalue weighted by Gasteiger charge is -2.32. The highest BCUT2D eigenvalue weighted by Gasteiger charge is 2.37. The fourth-order valence-electron chi connectivity index (χ4n) is 5.66. The van der Waals surface area contributed by atoms with Gasteiger partial charge in [0, 0.05) is 50.1 Å². The van der Waals surface area contributed by atoms with E-state index in [2.05, 4.69) is 25.2 Å². The van der Waals surface area contributed by atoms with Gasteiger partial charge in [-0.3, -0.25) is 9.69 Å². The smallest absolute Gasteiger partial charge is 0.421 e. The number of piperidine rings is 1. The number of fused-ring (bicyclic) bond motifs is 1. The van der Waals surface area contributed by atoms with Gasteiger partial charge in [0.2, 0.25) is 11.8 Å². The van der Waals surface area contributed by atoms with Crippen molar-refractivity contribution >= 4 is 23.7 Å². The number of aromatic nitrogens is 3. The van der Waals surface area contributed by atoms with E-state index < -0.39 is 17.6 Å². The van der Waals surface area contributed by atoms with Crippen molar-refractivity contribution in [1.29, 1.82) is 0 Å². The molecule has 210 valence electrons. The minimum atomic E-state index is -4.59. The van der Waals surface area contributed by atoms with Crippen molar-refractivity contribution in [2.24, 2.45) is 5.92 Å². The molecule has 3 aliphatic rings. The van der Waals surface area contributed by atoms with Crippen molar-refractivity contribution in [2.45, 2.75) is 44.4 Å². The third-order valence-electron chi connectivity index (χ3n) is 7.81. The molecule has 0 bridgehead atoms. The predicted octanol–water partition coefficient (Wildman–Crippen LogP) is 2.39. The van der Waals surface area contributed by atoms with Gasteiger partial charge in [0.05, 0.1) is 31.2 Å². The fourth-order valence-corrected chi connectivity index (χ4v) is 5.66. The standard InChI is InChI=1S/C26H32F3N7O3/c1-39-24-21(26(27,28)29)12-19(13-30-24)35-9-5-22-20(15-35)23(32-16-31-22)33-18-4-8-36(14-18)25(38)17-2-6-34(7-3-17)10-11-37/h11-13,16-18H,2-10,14-15H2,1H3,(H,31,32,33). The van der Waals surface area contributed by atoms with Gasteiger partial charge in [0.25, 0.3) is 0 Å². The van der Waals surface area contributed by atoms with Crippen molar-refractivity contribution in [1.82, 2.24) is 24.8 Å². The van der Waals surface area contributed by atoms with Gasteiger partial charge in [-0.05, 0) is 38.4 Å². The largest absolute Gasteiger partial charge is 0.481 e. The maximum atomic E-state index is 13.6. The summed E-state index contributed by atoms with van der Waals surface area (Å²) >= 11 is 0. The molecule has 0 saturated carbocycles. The molecule has 0 aliphatic carbocycles. The van der Waals surface area contributed by atoms with E-state index in [1.807, 2.05) is 9.80 Å². The van der Waals surface area contributed by atoms with E-state index in [0.717, 1.165) is 56.0 Å². The van der Waals surface area contributed by atoms with Crippen molar-refractivity contribution in [3.05, 3.63) is 35.4 Å².